The third-order valence-electron chi connectivity index (χ3n) is 3.43. The highest BCUT2D eigenvalue weighted by Crippen LogP contribution is 2.16. The topological polar surface area (TPSA) is 61.9 Å². The van der Waals surface area contributed by atoms with E-state index in [2.05, 4.69) is 19.9 Å². The first-order valence-corrected chi connectivity index (χ1v) is 6.52. The second kappa shape index (κ2) is 5.13. The molecule has 20 heavy (non-hydrogen) atoms. The van der Waals surface area contributed by atoms with Crippen LogP contribution in [-0.2, 0) is 19.5 Å². The number of hydrogen-bond donors (Lipinski definition) is 1. The van der Waals surface area contributed by atoms with E-state index in [9.17, 15) is 9.18 Å². The number of pyridine rings is 1. The lowest BCUT2D eigenvalue weighted by Gasteiger charge is -2.27. The van der Waals surface area contributed by atoms with Gasteiger partial charge in [-0.2, -0.15) is 0 Å². The largest absolute Gasteiger partial charge is 0.310 e. The molecule has 0 aromatic carbocycles. The average molecular weight is 274 g/mol. The Kier molecular flexibility index (Phi) is 3.31. The average Bonchev–Trinajstić information content (AvgIpc) is 2.39. The van der Waals surface area contributed by atoms with Crippen molar-refractivity contribution in [3.8, 4) is 0 Å². The van der Waals surface area contributed by atoms with E-state index in [1.165, 1.54) is 12.3 Å². The Morgan fingerprint density at radius 3 is 3.10 bits per heavy atom. The molecule has 0 radical (unpaired) electrons. The standard InChI is InChI=1S/C14H15FN4O/c1-9-17-13-2-3-19(8-12(13)14(20)18-9)7-10-4-11(15)6-16-5-10/h4-6H,2-3,7-8H2,1H3,(H,17,18,20). The van der Waals surface area contributed by atoms with Crippen LogP contribution < -0.4 is 5.56 Å². The third kappa shape index (κ3) is 2.60. The van der Waals surface area contributed by atoms with E-state index in [1.807, 2.05) is 0 Å². The van der Waals surface area contributed by atoms with Crippen LogP contribution in [0.15, 0.2) is 23.3 Å². The Morgan fingerprint density at radius 1 is 1.45 bits per heavy atom. The van der Waals surface area contributed by atoms with Crippen molar-refractivity contribution >= 4 is 0 Å². The first-order chi connectivity index (χ1) is 9.61. The summed E-state index contributed by atoms with van der Waals surface area (Å²) in [5.74, 6) is 0.312. The van der Waals surface area contributed by atoms with Crippen LogP contribution in [0.2, 0.25) is 0 Å². The number of aryl methyl sites for hydroxylation is 1. The molecular formula is C14H15FN4O. The van der Waals surface area contributed by atoms with E-state index in [0.29, 0.717) is 24.5 Å². The molecule has 0 fully saturated rings. The van der Waals surface area contributed by atoms with Crippen LogP contribution in [0.5, 0.6) is 0 Å². The van der Waals surface area contributed by atoms with Gasteiger partial charge in [-0.05, 0) is 18.6 Å². The summed E-state index contributed by atoms with van der Waals surface area (Å²) in [7, 11) is 0. The van der Waals surface area contributed by atoms with Crippen molar-refractivity contribution in [2.24, 2.45) is 0 Å². The number of fused-ring (bicyclic) bond motifs is 1. The zero-order valence-electron chi connectivity index (χ0n) is 11.2. The summed E-state index contributed by atoms with van der Waals surface area (Å²) in [4.78, 5) is 25.0. The Labute approximate surface area is 115 Å². The van der Waals surface area contributed by atoms with Gasteiger partial charge in [-0.15, -0.1) is 0 Å². The van der Waals surface area contributed by atoms with E-state index in [1.54, 1.807) is 13.1 Å². The molecular weight excluding hydrogens is 259 g/mol. The van der Waals surface area contributed by atoms with Gasteiger partial charge in [-0.25, -0.2) is 9.37 Å². The van der Waals surface area contributed by atoms with E-state index >= 15 is 0 Å². The predicted molar refractivity (Wildman–Crippen MR) is 71.6 cm³/mol. The van der Waals surface area contributed by atoms with Gasteiger partial charge in [0.1, 0.15) is 11.6 Å². The summed E-state index contributed by atoms with van der Waals surface area (Å²) in [5.41, 5.74) is 2.32. The SMILES string of the molecule is Cc1nc2c(c(=O)[nH]1)CN(Cc1cncc(F)c1)CC2. The van der Waals surface area contributed by atoms with Crippen LogP contribution in [0.3, 0.4) is 0 Å². The number of hydrogen-bond acceptors (Lipinski definition) is 4. The van der Waals surface area contributed by atoms with Gasteiger partial charge in [-0.1, -0.05) is 0 Å². The molecule has 6 heteroatoms. The Bertz CT molecular complexity index is 698. The molecule has 1 aliphatic heterocycles. The Hall–Kier alpha value is -2.08. The summed E-state index contributed by atoms with van der Waals surface area (Å²) in [6.45, 7) is 3.71. The number of aromatic nitrogens is 3. The molecule has 2 aromatic rings. The van der Waals surface area contributed by atoms with Gasteiger partial charge in [0.25, 0.3) is 5.56 Å². The molecule has 0 saturated heterocycles. The van der Waals surface area contributed by atoms with Crippen LogP contribution in [0.4, 0.5) is 4.39 Å². The molecule has 0 unspecified atom stereocenters. The summed E-state index contributed by atoms with van der Waals surface area (Å²) < 4.78 is 13.1. The number of halogens is 1. The number of H-pyrrole nitrogens is 1. The summed E-state index contributed by atoms with van der Waals surface area (Å²) in [5, 5.41) is 0. The maximum absolute atomic E-state index is 13.1. The van der Waals surface area contributed by atoms with Crippen molar-refractivity contribution in [2.75, 3.05) is 6.54 Å². The Balaban J connectivity index is 1.81. The molecule has 0 amide bonds. The number of nitrogens with zero attached hydrogens (tertiary/aromatic N) is 3. The molecule has 0 saturated carbocycles. The normalized spacial score (nSPS) is 15.1. The first kappa shape index (κ1) is 12.9. The van der Waals surface area contributed by atoms with E-state index < -0.39 is 0 Å². The monoisotopic (exact) mass is 274 g/mol. The van der Waals surface area contributed by atoms with Crippen molar-refractivity contribution in [1.82, 2.24) is 19.9 Å². The van der Waals surface area contributed by atoms with E-state index in [-0.39, 0.29) is 11.4 Å². The second-order valence-electron chi connectivity index (χ2n) is 5.05. The minimum absolute atomic E-state index is 0.0745. The number of rotatable bonds is 2. The van der Waals surface area contributed by atoms with Gasteiger partial charge in [0.15, 0.2) is 0 Å². The molecule has 3 heterocycles. The molecule has 1 aliphatic rings. The summed E-state index contributed by atoms with van der Waals surface area (Å²) in [6.07, 6.45) is 3.57. The Morgan fingerprint density at radius 2 is 2.30 bits per heavy atom. The number of nitrogens with one attached hydrogen (secondary N) is 1. The zero-order chi connectivity index (χ0) is 14.1. The lowest BCUT2D eigenvalue weighted by Crippen LogP contribution is -2.35. The van der Waals surface area contributed by atoms with Crippen LogP contribution >= 0.6 is 0 Å². The van der Waals surface area contributed by atoms with Crippen molar-refractivity contribution in [1.29, 1.82) is 0 Å². The fraction of sp³-hybridized carbons (Fsp3) is 0.357. The summed E-state index contributed by atoms with van der Waals surface area (Å²) >= 11 is 0. The fourth-order valence-electron chi connectivity index (χ4n) is 2.54. The molecule has 2 aromatic heterocycles. The van der Waals surface area contributed by atoms with Crippen LogP contribution in [0.1, 0.15) is 22.6 Å². The predicted octanol–water partition coefficient (Wildman–Crippen LogP) is 1.17. The van der Waals surface area contributed by atoms with Crippen LogP contribution in [0.25, 0.3) is 0 Å². The smallest absolute Gasteiger partial charge is 0.255 e. The number of aromatic amines is 1. The van der Waals surface area contributed by atoms with Crippen molar-refractivity contribution < 1.29 is 4.39 Å². The van der Waals surface area contributed by atoms with Gasteiger partial charge in [0.05, 0.1) is 17.5 Å². The summed E-state index contributed by atoms with van der Waals surface area (Å²) in [6, 6.07) is 1.47. The molecule has 5 nitrogen and oxygen atoms in total. The highest BCUT2D eigenvalue weighted by Gasteiger charge is 2.20. The molecule has 0 aliphatic carbocycles. The van der Waals surface area contributed by atoms with Gasteiger partial charge in [0, 0.05) is 32.3 Å². The minimum Gasteiger partial charge on any atom is -0.310 e. The molecule has 0 bridgehead atoms. The molecule has 0 spiro atoms. The highest BCUT2D eigenvalue weighted by molar-refractivity contribution is 5.21. The zero-order valence-corrected chi connectivity index (χ0v) is 11.2. The lowest BCUT2D eigenvalue weighted by molar-refractivity contribution is 0.241. The van der Waals surface area contributed by atoms with Gasteiger partial charge >= 0.3 is 0 Å². The molecule has 1 N–H and O–H groups in total. The van der Waals surface area contributed by atoms with Gasteiger partial charge < -0.3 is 4.98 Å². The maximum atomic E-state index is 13.1. The van der Waals surface area contributed by atoms with Crippen molar-refractivity contribution in [3.05, 3.63) is 57.3 Å². The van der Waals surface area contributed by atoms with Crippen LogP contribution in [0, 0.1) is 12.7 Å². The van der Waals surface area contributed by atoms with Crippen molar-refractivity contribution in [2.45, 2.75) is 26.4 Å². The van der Waals surface area contributed by atoms with Crippen LogP contribution in [-0.4, -0.2) is 26.4 Å². The molecule has 104 valence electrons. The molecule has 0 atom stereocenters. The van der Waals surface area contributed by atoms with Crippen molar-refractivity contribution in [3.63, 3.8) is 0 Å². The third-order valence-corrected chi connectivity index (χ3v) is 3.43. The maximum Gasteiger partial charge on any atom is 0.255 e. The van der Waals surface area contributed by atoms with Gasteiger partial charge in [0.2, 0.25) is 0 Å². The first-order valence-electron chi connectivity index (χ1n) is 6.52. The second-order valence-corrected chi connectivity index (χ2v) is 5.05. The van der Waals surface area contributed by atoms with E-state index in [4.69, 9.17) is 0 Å². The van der Waals surface area contributed by atoms with Gasteiger partial charge in [-0.3, -0.25) is 14.7 Å². The molecule has 3 rings (SSSR count). The quantitative estimate of drug-likeness (QED) is 0.893. The lowest BCUT2D eigenvalue weighted by atomic mass is 10.1. The minimum atomic E-state index is -0.338. The highest BCUT2D eigenvalue weighted by atomic mass is 19.1. The fourth-order valence-corrected chi connectivity index (χ4v) is 2.54. The van der Waals surface area contributed by atoms with E-state index in [0.717, 1.165) is 24.2 Å².